The molecule has 1 N–H and O–H groups in total. The Kier molecular flexibility index (Phi) is 6.36. The van der Waals surface area contributed by atoms with Gasteiger partial charge in [0.05, 0.1) is 30.7 Å². The largest absolute Gasteiger partial charge is 0.500 e. The number of benzene rings is 1. The van der Waals surface area contributed by atoms with Crippen molar-refractivity contribution >= 4 is 45.1 Å². The number of methoxy groups -OCH3 is 2. The second-order valence-electron chi connectivity index (χ2n) is 6.11. The zero-order chi connectivity index (χ0) is 20.3. The van der Waals surface area contributed by atoms with E-state index in [1.54, 1.807) is 37.5 Å². The van der Waals surface area contributed by atoms with E-state index in [9.17, 15) is 9.59 Å². The number of carbonyl (C=O) groups excluding carboxylic acids is 2. The summed E-state index contributed by atoms with van der Waals surface area (Å²) in [5, 5.41) is 3.14. The van der Waals surface area contributed by atoms with Crippen molar-refractivity contribution in [1.29, 1.82) is 0 Å². The Morgan fingerprint density at radius 3 is 2.79 bits per heavy atom. The summed E-state index contributed by atoms with van der Waals surface area (Å²) < 4.78 is 11.4. The molecule has 0 saturated carbocycles. The van der Waals surface area contributed by atoms with E-state index in [0.717, 1.165) is 4.47 Å². The van der Waals surface area contributed by atoms with Gasteiger partial charge >= 0.3 is 0 Å². The van der Waals surface area contributed by atoms with Crippen LogP contribution in [0.3, 0.4) is 0 Å². The summed E-state index contributed by atoms with van der Waals surface area (Å²) in [6.45, 7) is 0.274. The molecule has 0 aromatic heterocycles. The van der Waals surface area contributed by atoms with E-state index >= 15 is 0 Å². The predicted molar refractivity (Wildman–Crippen MR) is 110 cm³/mol. The number of allylic oxidation sites excluding steroid dienone is 4. The number of nitrogens with zero attached hydrogens (tertiary/aromatic N) is 1. The Bertz CT molecular complexity index is 950. The van der Waals surface area contributed by atoms with Crippen LogP contribution in [0.5, 0.6) is 0 Å². The topological polar surface area (TPSA) is 77.0 Å². The van der Waals surface area contributed by atoms with Crippen molar-refractivity contribution in [3.63, 3.8) is 0 Å². The van der Waals surface area contributed by atoms with Crippen LogP contribution in [0, 0.1) is 5.92 Å². The minimum atomic E-state index is -0.346. The van der Waals surface area contributed by atoms with E-state index < -0.39 is 0 Å². The van der Waals surface area contributed by atoms with Crippen molar-refractivity contribution in [1.82, 2.24) is 5.32 Å². The van der Waals surface area contributed by atoms with Gasteiger partial charge < -0.3 is 14.8 Å². The van der Waals surface area contributed by atoms with Gasteiger partial charge in [-0.15, -0.1) is 0 Å². The molecule has 6 nitrogen and oxygen atoms in total. The van der Waals surface area contributed by atoms with Crippen LogP contribution < -0.4 is 5.32 Å². The molecule has 8 heteroatoms. The molecule has 1 aliphatic heterocycles. The Hall–Kier alpha value is -2.38. The van der Waals surface area contributed by atoms with E-state index in [4.69, 9.17) is 21.1 Å². The first kappa shape index (κ1) is 20.4. The molecule has 1 aromatic carbocycles. The molecule has 0 saturated heterocycles. The molecule has 1 unspecified atom stereocenters. The third-order valence-corrected chi connectivity index (χ3v) is 5.25. The number of halogens is 2. The lowest BCUT2D eigenvalue weighted by Gasteiger charge is -2.26. The first-order chi connectivity index (χ1) is 13.4. The van der Waals surface area contributed by atoms with Gasteiger partial charge in [-0.25, -0.2) is 4.99 Å². The molecule has 1 aromatic rings. The molecular weight excluding hydrogens is 448 g/mol. The zero-order valence-corrected chi connectivity index (χ0v) is 17.6. The molecule has 0 radical (unpaired) electrons. The Balaban J connectivity index is 1.69. The number of ether oxygens (including phenoxy) is 2. The molecule has 0 spiro atoms. The van der Waals surface area contributed by atoms with Gasteiger partial charge in [0.15, 0.2) is 0 Å². The zero-order valence-electron chi connectivity index (χ0n) is 15.3. The molecule has 0 bridgehead atoms. The van der Waals surface area contributed by atoms with Crippen LogP contribution in [0.2, 0.25) is 5.02 Å². The summed E-state index contributed by atoms with van der Waals surface area (Å²) in [5.74, 6) is 0.273. The normalized spacial score (nSPS) is 18.3. The Labute approximate surface area is 176 Å². The summed E-state index contributed by atoms with van der Waals surface area (Å²) in [4.78, 5) is 28.9. The number of aliphatic imine (C=N–C) groups is 1. The Morgan fingerprint density at radius 1 is 1.29 bits per heavy atom. The third kappa shape index (κ3) is 4.20. The molecule has 2 amide bonds. The number of dihydropyridines is 1. The molecule has 1 heterocycles. The quantitative estimate of drug-likeness (QED) is 0.693. The van der Waals surface area contributed by atoms with E-state index in [2.05, 4.69) is 26.2 Å². The minimum absolute atomic E-state index is 0.274. The third-order valence-electron chi connectivity index (χ3n) is 4.43. The molecule has 0 fully saturated rings. The van der Waals surface area contributed by atoms with Crippen molar-refractivity contribution in [2.45, 2.75) is 6.42 Å². The average Bonchev–Trinajstić information content (AvgIpc) is 2.69. The van der Waals surface area contributed by atoms with Crippen molar-refractivity contribution in [3.05, 3.63) is 68.6 Å². The van der Waals surface area contributed by atoms with Gasteiger partial charge in [0.25, 0.3) is 11.8 Å². The number of hydrogen-bond donors (Lipinski definition) is 1. The summed E-state index contributed by atoms with van der Waals surface area (Å²) in [6.07, 6.45) is 5.67. The SMILES string of the molecule is COC1=CC=C(OC)C2C=C(CCNC(=O)c3cc(Br)ccc3Cl)C(=O)N=C12. The Morgan fingerprint density at radius 2 is 2.07 bits per heavy atom. The van der Waals surface area contributed by atoms with Crippen LogP contribution >= 0.6 is 27.5 Å². The maximum atomic E-state index is 12.4. The number of amides is 2. The van der Waals surface area contributed by atoms with Crippen molar-refractivity contribution in [2.75, 3.05) is 20.8 Å². The minimum Gasteiger partial charge on any atom is -0.500 e. The highest BCUT2D eigenvalue weighted by molar-refractivity contribution is 9.10. The fourth-order valence-electron chi connectivity index (χ4n) is 3.01. The standard InChI is InChI=1S/C20H18BrClN2O4/c1-27-16-5-6-17(28-2)18-14(16)9-11(19(25)24-18)7-8-23-20(26)13-10-12(21)3-4-15(13)22/h3-6,9-10,14H,7-8H2,1-2H3,(H,23,26). The van der Waals surface area contributed by atoms with Crippen molar-refractivity contribution < 1.29 is 19.1 Å². The van der Waals surface area contributed by atoms with Crippen molar-refractivity contribution in [2.24, 2.45) is 10.9 Å². The molecule has 2 aliphatic rings. The van der Waals surface area contributed by atoms with Gasteiger partial charge in [-0.2, -0.15) is 0 Å². The summed E-state index contributed by atoms with van der Waals surface area (Å²) in [6, 6.07) is 5.05. The van der Waals surface area contributed by atoms with Crippen LogP contribution in [0.25, 0.3) is 0 Å². The highest BCUT2D eigenvalue weighted by atomic mass is 79.9. The fourth-order valence-corrected chi connectivity index (χ4v) is 3.57. The molecule has 1 aliphatic carbocycles. The fraction of sp³-hybridized carbons (Fsp3) is 0.250. The van der Waals surface area contributed by atoms with Crippen molar-refractivity contribution in [3.8, 4) is 0 Å². The second kappa shape index (κ2) is 8.75. The predicted octanol–water partition coefficient (Wildman–Crippen LogP) is 3.82. The first-order valence-corrected chi connectivity index (χ1v) is 9.68. The lowest BCUT2D eigenvalue weighted by Crippen LogP contribution is -2.30. The van der Waals surface area contributed by atoms with Crippen LogP contribution in [-0.4, -0.2) is 38.3 Å². The van der Waals surface area contributed by atoms with E-state index in [1.165, 1.54) is 7.11 Å². The van der Waals surface area contributed by atoms with Gasteiger partial charge in [0, 0.05) is 16.6 Å². The smallest absolute Gasteiger partial charge is 0.273 e. The average molecular weight is 466 g/mol. The summed E-state index contributed by atoms with van der Waals surface area (Å²) in [5.41, 5.74) is 1.40. The van der Waals surface area contributed by atoms with Gasteiger partial charge in [-0.3, -0.25) is 9.59 Å². The van der Waals surface area contributed by atoms with Crippen LogP contribution in [-0.2, 0) is 14.3 Å². The maximum absolute atomic E-state index is 12.4. The number of carbonyl (C=O) groups is 2. The number of hydrogen-bond acceptors (Lipinski definition) is 4. The monoisotopic (exact) mass is 464 g/mol. The van der Waals surface area contributed by atoms with E-state index in [1.807, 2.05) is 6.08 Å². The molecular formula is C20H18BrClN2O4. The maximum Gasteiger partial charge on any atom is 0.273 e. The van der Waals surface area contributed by atoms with Crippen LogP contribution in [0.1, 0.15) is 16.8 Å². The molecule has 1 atom stereocenters. The highest BCUT2D eigenvalue weighted by Crippen LogP contribution is 2.30. The van der Waals surface area contributed by atoms with Gasteiger partial charge in [0.1, 0.15) is 17.2 Å². The number of fused-ring (bicyclic) bond motifs is 1. The molecule has 28 heavy (non-hydrogen) atoms. The highest BCUT2D eigenvalue weighted by Gasteiger charge is 2.32. The van der Waals surface area contributed by atoms with E-state index in [0.29, 0.717) is 39.8 Å². The summed E-state index contributed by atoms with van der Waals surface area (Å²) in [7, 11) is 3.10. The second-order valence-corrected chi connectivity index (χ2v) is 7.43. The van der Waals surface area contributed by atoms with Gasteiger partial charge in [-0.05, 0) is 36.8 Å². The summed E-state index contributed by atoms with van der Waals surface area (Å²) >= 11 is 9.40. The number of rotatable bonds is 6. The van der Waals surface area contributed by atoms with Gasteiger partial charge in [-0.1, -0.05) is 33.6 Å². The lowest BCUT2D eigenvalue weighted by atomic mass is 9.89. The van der Waals surface area contributed by atoms with E-state index in [-0.39, 0.29) is 24.3 Å². The van der Waals surface area contributed by atoms with Crippen LogP contribution in [0.4, 0.5) is 0 Å². The molecule has 3 rings (SSSR count). The van der Waals surface area contributed by atoms with Crippen LogP contribution in [0.15, 0.2) is 63.0 Å². The lowest BCUT2D eigenvalue weighted by molar-refractivity contribution is -0.114. The molecule has 146 valence electrons. The number of nitrogens with one attached hydrogen (secondary N) is 1. The first-order valence-electron chi connectivity index (χ1n) is 8.51. The van der Waals surface area contributed by atoms with Gasteiger partial charge in [0.2, 0.25) is 0 Å².